The summed E-state index contributed by atoms with van der Waals surface area (Å²) in [4.78, 5) is 14.4. The highest BCUT2D eigenvalue weighted by Gasteiger charge is 2.53. The van der Waals surface area contributed by atoms with E-state index in [4.69, 9.17) is 15.2 Å². The fourth-order valence-electron chi connectivity index (χ4n) is 3.45. The van der Waals surface area contributed by atoms with Crippen LogP contribution in [0.15, 0.2) is 27.6 Å². The molecule has 0 aliphatic carbocycles. The van der Waals surface area contributed by atoms with E-state index in [9.17, 15) is 0 Å². The maximum Gasteiger partial charge on any atom is 0.324 e. The van der Waals surface area contributed by atoms with Crippen LogP contribution >= 0.6 is 8.23 Å². The summed E-state index contributed by atoms with van der Waals surface area (Å²) in [6, 6.07) is 1.03. The molecule has 0 aromatic carbocycles. The summed E-state index contributed by atoms with van der Waals surface area (Å²) in [5, 5.41) is 2.74. The molecule has 12 heteroatoms. The van der Waals surface area contributed by atoms with Crippen LogP contribution in [0.3, 0.4) is 0 Å². The molecule has 4 heterocycles. The van der Waals surface area contributed by atoms with Crippen LogP contribution in [0.4, 0.5) is 18.8 Å². The molecule has 1 atom stereocenters. The van der Waals surface area contributed by atoms with Crippen molar-refractivity contribution in [1.82, 2.24) is 15.2 Å². The molecule has 3 aliphatic heterocycles. The third-order valence-corrected chi connectivity index (χ3v) is 6.43. The maximum absolute atomic E-state index is 15.6. The van der Waals surface area contributed by atoms with Crippen molar-refractivity contribution in [1.29, 1.82) is 0 Å². The molecule has 0 bridgehead atoms. The Balaban J connectivity index is 1.91. The van der Waals surface area contributed by atoms with Crippen LogP contribution < -0.4 is 11.1 Å². The Morgan fingerprint density at radius 3 is 2.67 bits per heavy atom. The molecule has 0 radical (unpaired) electrons. The number of halogens is 3. The molecule has 1 unspecified atom stereocenters. The van der Waals surface area contributed by atoms with Gasteiger partial charge in [-0.05, 0) is 6.07 Å². The van der Waals surface area contributed by atoms with E-state index in [0.29, 0.717) is 39.5 Å². The Hall–Kier alpha value is -2.23. The SMILES string of the molecule is Nc1cc2c(cn1)C1=C(C(N3CCOCC3)=NCCOCCN=CN1)P(F)C2(F)F. The minimum absolute atomic E-state index is 0.0846. The molecule has 8 nitrogen and oxygen atoms in total. The highest BCUT2D eigenvalue weighted by atomic mass is 31.2. The Labute approximate surface area is 172 Å². The lowest BCUT2D eigenvalue weighted by atomic mass is 10.1. The number of ether oxygens (including phenoxy) is 2. The van der Waals surface area contributed by atoms with E-state index in [-0.39, 0.29) is 41.4 Å². The van der Waals surface area contributed by atoms with Gasteiger partial charge in [0, 0.05) is 30.4 Å². The summed E-state index contributed by atoms with van der Waals surface area (Å²) >= 11 is 0. The first-order valence-electron chi connectivity index (χ1n) is 9.54. The van der Waals surface area contributed by atoms with E-state index < -0.39 is 19.5 Å². The molecule has 4 rings (SSSR count). The molecular weight excluding hydrogens is 420 g/mol. The standard InChI is InChI=1S/C18H22F3N6O2P/c19-18(20)13-9-14(22)25-10-12(13)15-16(30(18)21)17(27-3-7-29-8-4-27)24-2-6-28-5-1-23-11-26-15/h9-11H,1-8H2,(H2,22,25)(H,23,26). The summed E-state index contributed by atoms with van der Waals surface area (Å²) in [6.07, 6.45) is 2.60. The van der Waals surface area contributed by atoms with Crippen LogP contribution in [0, 0.1) is 0 Å². The molecular formula is C18H22F3N6O2P. The van der Waals surface area contributed by atoms with Gasteiger partial charge in [0.25, 0.3) is 0 Å². The monoisotopic (exact) mass is 442 g/mol. The number of aromatic nitrogens is 1. The fraction of sp³-hybridized carbons (Fsp3) is 0.500. The number of amidine groups is 1. The van der Waals surface area contributed by atoms with Gasteiger partial charge >= 0.3 is 5.66 Å². The normalized spacial score (nSPS) is 24.7. The van der Waals surface area contributed by atoms with Gasteiger partial charge in [-0.1, -0.05) is 0 Å². The summed E-state index contributed by atoms with van der Waals surface area (Å²) < 4.78 is 56.8. The first kappa shape index (κ1) is 21.0. The molecule has 3 N–H and O–H groups in total. The van der Waals surface area contributed by atoms with Gasteiger partial charge in [-0.2, -0.15) is 8.78 Å². The van der Waals surface area contributed by atoms with Crippen molar-refractivity contribution in [3.8, 4) is 0 Å². The van der Waals surface area contributed by atoms with Crippen molar-refractivity contribution in [3.63, 3.8) is 0 Å². The summed E-state index contributed by atoms with van der Waals surface area (Å²) in [6.45, 7) is 2.93. The maximum atomic E-state index is 15.6. The molecule has 30 heavy (non-hydrogen) atoms. The topological polar surface area (TPSA) is 97.4 Å². The van der Waals surface area contributed by atoms with E-state index >= 15 is 13.0 Å². The Morgan fingerprint density at radius 1 is 1.13 bits per heavy atom. The number of anilines is 1. The van der Waals surface area contributed by atoms with Crippen molar-refractivity contribution in [2.45, 2.75) is 5.66 Å². The molecule has 1 fully saturated rings. The summed E-state index contributed by atoms with van der Waals surface area (Å²) in [7, 11) is -3.44. The van der Waals surface area contributed by atoms with E-state index in [1.54, 1.807) is 4.90 Å². The Morgan fingerprint density at radius 2 is 1.87 bits per heavy atom. The van der Waals surface area contributed by atoms with Crippen molar-refractivity contribution < 1.29 is 22.5 Å². The van der Waals surface area contributed by atoms with Gasteiger partial charge in [0.1, 0.15) is 11.7 Å². The molecule has 1 aromatic heterocycles. The van der Waals surface area contributed by atoms with Crippen LogP contribution in [-0.2, 0) is 15.1 Å². The smallest absolute Gasteiger partial charge is 0.324 e. The highest BCUT2D eigenvalue weighted by molar-refractivity contribution is 7.59. The number of nitrogens with one attached hydrogen (secondary N) is 1. The van der Waals surface area contributed by atoms with E-state index in [1.165, 1.54) is 12.5 Å². The predicted octanol–water partition coefficient (Wildman–Crippen LogP) is 2.14. The zero-order valence-corrected chi connectivity index (χ0v) is 17.0. The van der Waals surface area contributed by atoms with Gasteiger partial charge in [-0.15, -0.1) is 0 Å². The first-order chi connectivity index (χ1) is 14.5. The third-order valence-electron chi connectivity index (χ3n) is 4.88. The van der Waals surface area contributed by atoms with Crippen molar-refractivity contribution in [2.75, 3.05) is 58.3 Å². The number of pyridine rings is 1. The quantitative estimate of drug-likeness (QED) is 0.598. The molecule has 0 amide bonds. The minimum atomic E-state index is -3.74. The number of nitrogens with zero attached hydrogens (tertiary/aromatic N) is 4. The summed E-state index contributed by atoms with van der Waals surface area (Å²) in [5.41, 5.74) is 1.67. The van der Waals surface area contributed by atoms with Crippen molar-refractivity contribution in [2.24, 2.45) is 9.98 Å². The number of rotatable bonds is 0. The van der Waals surface area contributed by atoms with E-state index in [1.807, 2.05) is 0 Å². The van der Waals surface area contributed by atoms with Crippen LogP contribution in [0.1, 0.15) is 11.1 Å². The van der Waals surface area contributed by atoms with E-state index in [0.717, 1.165) is 6.07 Å². The molecule has 162 valence electrons. The Bertz CT molecular complexity index is 889. The van der Waals surface area contributed by atoms with Gasteiger partial charge in [0.2, 0.25) is 0 Å². The van der Waals surface area contributed by atoms with Crippen LogP contribution in [0.25, 0.3) is 5.70 Å². The van der Waals surface area contributed by atoms with Crippen LogP contribution in [0.5, 0.6) is 0 Å². The first-order valence-corrected chi connectivity index (χ1v) is 10.8. The Kier molecular flexibility index (Phi) is 6.21. The zero-order valence-electron chi connectivity index (χ0n) is 16.2. The molecule has 3 aliphatic rings. The number of nitrogen functional groups attached to an aromatic ring is 1. The van der Waals surface area contributed by atoms with Gasteiger partial charge in [-0.25, -0.2) is 9.18 Å². The molecule has 1 aromatic rings. The summed E-state index contributed by atoms with van der Waals surface area (Å²) in [5.74, 6) is 0.0936. The largest absolute Gasteiger partial charge is 0.384 e. The average Bonchev–Trinajstić information content (AvgIpc) is 2.73. The third kappa shape index (κ3) is 4.01. The van der Waals surface area contributed by atoms with Gasteiger partial charge in [0.05, 0.1) is 56.9 Å². The lowest BCUT2D eigenvalue weighted by molar-refractivity contribution is 0.0678. The second kappa shape index (κ2) is 8.87. The fourth-order valence-corrected chi connectivity index (χ4v) is 4.89. The highest BCUT2D eigenvalue weighted by Crippen LogP contribution is 2.69. The van der Waals surface area contributed by atoms with Crippen LogP contribution in [0.2, 0.25) is 0 Å². The molecule has 0 spiro atoms. The lowest BCUT2D eigenvalue weighted by Crippen LogP contribution is -2.43. The van der Waals surface area contributed by atoms with Gasteiger partial charge in [0.15, 0.2) is 8.23 Å². The minimum Gasteiger partial charge on any atom is -0.384 e. The van der Waals surface area contributed by atoms with Crippen molar-refractivity contribution in [3.05, 3.63) is 28.7 Å². The molecule has 0 saturated carbocycles. The number of fused-ring (bicyclic) bond motifs is 2. The number of alkyl halides is 2. The van der Waals surface area contributed by atoms with Crippen LogP contribution in [-0.4, -0.2) is 74.7 Å². The number of hydrogen-bond donors (Lipinski definition) is 2. The molecule has 1 saturated heterocycles. The van der Waals surface area contributed by atoms with E-state index in [2.05, 4.69) is 20.3 Å². The second-order valence-corrected chi connectivity index (χ2v) is 8.37. The number of nitrogens with two attached hydrogens (primary N) is 1. The lowest BCUT2D eigenvalue weighted by Gasteiger charge is -2.37. The van der Waals surface area contributed by atoms with Crippen molar-refractivity contribution >= 4 is 31.9 Å². The zero-order chi connectivity index (χ0) is 21.1. The number of aliphatic imine (C=N–C) groups is 2. The average molecular weight is 442 g/mol. The predicted molar refractivity (Wildman–Crippen MR) is 109 cm³/mol. The number of hydrogen-bond acceptors (Lipinski definition) is 8. The second-order valence-electron chi connectivity index (χ2n) is 6.80. The van der Waals surface area contributed by atoms with Gasteiger partial charge < -0.3 is 25.4 Å². The van der Waals surface area contributed by atoms with Gasteiger partial charge in [-0.3, -0.25) is 9.98 Å². The number of morpholine rings is 1.